The van der Waals surface area contributed by atoms with Gasteiger partial charge in [-0.05, 0) is 42.0 Å². The molecule has 2 aromatic carbocycles. The summed E-state index contributed by atoms with van der Waals surface area (Å²) in [5.74, 6) is 1.66. The molecule has 0 aliphatic carbocycles. The summed E-state index contributed by atoms with van der Waals surface area (Å²) in [4.78, 5) is 11.4. The molecule has 0 aliphatic heterocycles. The van der Waals surface area contributed by atoms with E-state index in [1.807, 2.05) is 18.2 Å². The number of hydrogen-bond acceptors (Lipinski definition) is 4. The number of ether oxygens (including phenoxy) is 2. The summed E-state index contributed by atoms with van der Waals surface area (Å²) in [5.41, 5.74) is 1.62. The van der Waals surface area contributed by atoms with Crippen LogP contribution in [-0.2, 0) is 10.5 Å². The summed E-state index contributed by atoms with van der Waals surface area (Å²) in [6.45, 7) is 0.549. The topological polar surface area (TPSA) is 35.5 Å². The van der Waals surface area contributed by atoms with E-state index in [1.165, 1.54) is 19.2 Å². The monoisotopic (exact) mass is 320 g/mol. The third kappa shape index (κ3) is 5.07. The van der Waals surface area contributed by atoms with Crippen LogP contribution in [-0.4, -0.2) is 25.4 Å². The van der Waals surface area contributed by atoms with Crippen molar-refractivity contribution in [2.45, 2.75) is 5.75 Å². The molecule has 0 N–H and O–H groups in total. The minimum atomic E-state index is -0.327. The Morgan fingerprint density at radius 1 is 1.18 bits per heavy atom. The molecule has 22 heavy (non-hydrogen) atoms. The van der Waals surface area contributed by atoms with Gasteiger partial charge in [-0.15, -0.1) is 0 Å². The Bertz CT molecular complexity index is 614. The molecule has 0 bridgehead atoms. The maximum absolute atomic E-state index is 12.7. The van der Waals surface area contributed by atoms with Crippen LogP contribution in [0.5, 0.6) is 5.75 Å². The van der Waals surface area contributed by atoms with Gasteiger partial charge in [-0.2, -0.15) is 11.8 Å². The van der Waals surface area contributed by atoms with Crippen LogP contribution in [0.25, 0.3) is 0 Å². The average molecular weight is 320 g/mol. The molecule has 0 heterocycles. The summed E-state index contributed by atoms with van der Waals surface area (Å²) in [5, 5.41) is 0. The standard InChI is InChI=1S/C17H17FO3S/c1-20-17(19)14-4-2-3-13(11-14)12-22-10-9-21-16-7-5-15(18)6-8-16/h2-8,11H,9-10,12H2,1H3. The van der Waals surface area contributed by atoms with Crippen molar-refractivity contribution in [1.29, 1.82) is 0 Å². The SMILES string of the molecule is COC(=O)c1cccc(CSCCOc2ccc(F)cc2)c1. The highest BCUT2D eigenvalue weighted by atomic mass is 32.2. The lowest BCUT2D eigenvalue weighted by Crippen LogP contribution is -2.02. The number of rotatable bonds is 7. The Morgan fingerprint density at radius 3 is 2.68 bits per heavy atom. The molecule has 0 amide bonds. The van der Waals surface area contributed by atoms with Gasteiger partial charge in [-0.25, -0.2) is 9.18 Å². The third-order valence-electron chi connectivity index (χ3n) is 2.93. The molecule has 0 fully saturated rings. The number of thioether (sulfide) groups is 1. The Hall–Kier alpha value is -2.01. The molecule has 0 aliphatic rings. The lowest BCUT2D eigenvalue weighted by atomic mass is 10.1. The number of hydrogen-bond donors (Lipinski definition) is 0. The fourth-order valence-electron chi connectivity index (χ4n) is 1.85. The largest absolute Gasteiger partial charge is 0.493 e. The Kier molecular flexibility index (Phi) is 6.27. The zero-order valence-electron chi connectivity index (χ0n) is 12.3. The molecule has 0 radical (unpaired) electrons. The molecule has 0 aromatic heterocycles. The molecule has 0 unspecified atom stereocenters. The van der Waals surface area contributed by atoms with Crippen molar-refractivity contribution in [2.24, 2.45) is 0 Å². The van der Waals surface area contributed by atoms with Gasteiger partial charge in [-0.3, -0.25) is 0 Å². The Morgan fingerprint density at radius 2 is 1.95 bits per heavy atom. The van der Waals surface area contributed by atoms with E-state index in [-0.39, 0.29) is 11.8 Å². The van der Waals surface area contributed by atoms with E-state index in [1.54, 1.807) is 30.0 Å². The quantitative estimate of drug-likeness (QED) is 0.572. The van der Waals surface area contributed by atoms with Crippen molar-refractivity contribution in [2.75, 3.05) is 19.5 Å². The number of carbonyl (C=O) groups is 1. The maximum Gasteiger partial charge on any atom is 0.337 e. The van der Waals surface area contributed by atoms with Crippen LogP contribution in [0.1, 0.15) is 15.9 Å². The van der Waals surface area contributed by atoms with Crippen molar-refractivity contribution >= 4 is 17.7 Å². The Balaban J connectivity index is 1.72. The second-order valence-corrected chi connectivity index (χ2v) is 5.65. The highest BCUT2D eigenvalue weighted by molar-refractivity contribution is 7.98. The zero-order valence-corrected chi connectivity index (χ0v) is 13.1. The van der Waals surface area contributed by atoms with Crippen LogP contribution < -0.4 is 4.74 Å². The summed E-state index contributed by atoms with van der Waals surface area (Å²) in [7, 11) is 1.37. The van der Waals surface area contributed by atoms with Gasteiger partial charge in [0.05, 0.1) is 19.3 Å². The van der Waals surface area contributed by atoms with E-state index in [2.05, 4.69) is 0 Å². The van der Waals surface area contributed by atoms with E-state index in [4.69, 9.17) is 9.47 Å². The van der Waals surface area contributed by atoms with E-state index >= 15 is 0 Å². The van der Waals surface area contributed by atoms with Crippen LogP contribution in [0, 0.1) is 5.82 Å². The van der Waals surface area contributed by atoms with Crippen LogP contribution in [0.2, 0.25) is 0 Å². The smallest absolute Gasteiger partial charge is 0.337 e. The van der Waals surface area contributed by atoms with Crippen molar-refractivity contribution in [3.8, 4) is 5.75 Å². The van der Waals surface area contributed by atoms with Crippen molar-refractivity contribution < 1.29 is 18.7 Å². The lowest BCUT2D eigenvalue weighted by molar-refractivity contribution is 0.0600. The van der Waals surface area contributed by atoms with E-state index in [0.717, 1.165) is 17.1 Å². The fraction of sp³-hybridized carbons (Fsp3) is 0.235. The first kappa shape index (κ1) is 16.4. The molecule has 3 nitrogen and oxygen atoms in total. The van der Waals surface area contributed by atoms with E-state index in [9.17, 15) is 9.18 Å². The highest BCUT2D eigenvalue weighted by Gasteiger charge is 2.05. The van der Waals surface area contributed by atoms with Crippen molar-refractivity contribution in [3.05, 3.63) is 65.5 Å². The second kappa shape index (κ2) is 8.44. The first-order valence-corrected chi connectivity index (χ1v) is 7.98. The average Bonchev–Trinajstić information content (AvgIpc) is 2.56. The van der Waals surface area contributed by atoms with E-state index < -0.39 is 0 Å². The number of esters is 1. The van der Waals surface area contributed by atoms with Gasteiger partial charge in [-0.1, -0.05) is 12.1 Å². The maximum atomic E-state index is 12.7. The summed E-state index contributed by atoms with van der Waals surface area (Å²) >= 11 is 1.71. The normalized spacial score (nSPS) is 10.3. The summed E-state index contributed by atoms with van der Waals surface area (Å²) in [6.07, 6.45) is 0. The summed E-state index contributed by atoms with van der Waals surface area (Å²) in [6, 6.07) is 13.4. The minimum Gasteiger partial charge on any atom is -0.493 e. The fourth-order valence-corrected chi connectivity index (χ4v) is 2.61. The van der Waals surface area contributed by atoms with Gasteiger partial charge in [0.2, 0.25) is 0 Å². The molecule has 0 spiro atoms. The molecule has 2 aromatic rings. The van der Waals surface area contributed by atoms with Crippen LogP contribution in [0.4, 0.5) is 4.39 Å². The molecule has 5 heteroatoms. The summed E-state index contributed by atoms with van der Waals surface area (Å²) < 4.78 is 23.0. The van der Waals surface area contributed by atoms with Crippen molar-refractivity contribution in [3.63, 3.8) is 0 Å². The molecule has 0 atom stereocenters. The minimum absolute atomic E-state index is 0.271. The van der Waals surface area contributed by atoms with Gasteiger partial charge >= 0.3 is 5.97 Å². The Labute approximate surface area is 133 Å². The lowest BCUT2D eigenvalue weighted by Gasteiger charge is -2.07. The first-order chi connectivity index (χ1) is 10.7. The van der Waals surface area contributed by atoms with Crippen LogP contribution in [0.3, 0.4) is 0 Å². The number of benzene rings is 2. The third-order valence-corrected chi connectivity index (χ3v) is 3.92. The second-order valence-electron chi connectivity index (χ2n) is 4.55. The molecule has 116 valence electrons. The molecule has 0 saturated heterocycles. The van der Waals surface area contributed by atoms with Crippen LogP contribution in [0.15, 0.2) is 48.5 Å². The highest BCUT2D eigenvalue weighted by Crippen LogP contribution is 2.16. The number of halogens is 1. The van der Waals surface area contributed by atoms with E-state index in [0.29, 0.717) is 17.9 Å². The molecule has 0 saturated carbocycles. The molecular weight excluding hydrogens is 303 g/mol. The van der Waals surface area contributed by atoms with Gasteiger partial charge in [0.1, 0.15) is 11.6 Å². The van der Waals surface area contributed by atoms with Gasteiger partial charge in [0, 0.05) is 11.5 Å². The number of methoxy groups -OCH3 is 1. The predicted molar refractivity (Wildman–Crippen MR) is 85.8 cm³/mol. The molecular formula is C17H17FO3S. The number of carbonyl (C=O) groups excluding carboxylic acids is 1. The zero-order chi connectivity index (χ0) is 15.8. The van der Waals surface area contributed by atoms with Gasteiger partial charge in [0.15, 0.2) is 0 Å². The van der Waals surface area contributed by atoms with Gasteiger partial charge < -0.3 is 9.47 Å². The first-order valence-electron chi connectivity index (χ1n) is 6.82. The predicted octanol–water partition coefficient (Wildman–Crippen LogP) is 3.92. The van der Waals surface area contributed by atoms with Crippen molar-refractivity contribution in [1.82, 2.24) is 0 Å². The van der Waals surface area contributed by atoms with Crippen LogP contribution >= 0.6 is 11.8 Å². The molecule has 2 rings (SSSR count). The van der Waals surface area contributed by atoms with Gasteiger partial charge in [0.25, 0.3) is 0 Å².